The van der Waals surface area contributed by atoms with Crippen LogP contribution in [0.2, 0.25) is 5.02 Å². The van der Waals surface area contributed by atoms with Gasteiger partial charge in [-0.3, -0.25) is 0 Å². The molecule has 17 heavy (non-hydrogen) atoms. The van der Waals surface area contributed by atoms with Gasteiger partial charge in [0.05, 0.1) is 5.69 Å². The summed E-state index contributed by atoms with van der Waals surface area (Å²) in [5.74, 6) is 0. The lowest BCUT2D eigenvalue weighted by molar-refractivity contribution is 0.459. The molecule has 96 valence electrons. The van der Waals surface area contributed by atoms with Gasteiger partial charge >= 0.3 is 0 Å². The fourth-order valence-electron chi connectivity index (χ4n) is 1.42. The summed E-state index contributed by atoms with van der Waals surface area (Å²) in [4.78, 5) is 0.112. The molecule has 4 nitrogen and oxygen atoms in total. The predicted molar refractivity (Wildman–Crippen MR) is 70.6 cm³/mol. The second-order valence-electron chi connectivity index (χ2n) is 3.86. The highest BCUT2D eigenvalue weighted by Gasteiger charge is 2.22. The molecule has 0 saturated heterocycles. The van der Waals surface area contributed by atoms with Crippen molar-refractivity contribution in [2.75, 3.05) is 19.3 Å². The Morgan fingerprint density at radius 1 is 1.41 bits per heavy atom. The topological polar surface area (TPSA) is 63.4 Å². The Hall–Kier alpha value is -0.780. The first-order chi connectivity index (χ1) is 7.89. The zero-order valence-corrected chi connectivity index (χ0v) is 11.6. The van der Waals surface area contributed by atoms with E-state index in [2.05, 4.69) is 0 Å². The number of unbranched alkanes of at least 4 members (excludes halogenated alkanes) is 1. The zero-order valence-electron chi connectivity index (χ0n) is 9.98. The number of rotatable bonds is 5. The zero-order chi connectivity index (χ0) is 13.1. The summed E-state index contributed by atoms with van der Waals surface area (Å²) in [6.07, 6.45) is 1.76. The highest BCUT2D eigenvalue weighted by atomic mass is 35.5. The third kappa shape index (κ3) is 3.34. The van der Waals surface area contributed by atoms with Crippen LogP contribution in [0.3, 0.4) is 0 Å². The van der Waals surface area contributed by atoms with Gasteiger partial charge in [0.15, 0.2) is 0 Å². The molecule has 0 bridgehead atoms. The second kappa shape index (κ2) is 5.71. The van der Waals surface area contributed by atoms with E-state index in [1.54, 1.807) is 7.05 Å². The number of nitrogen functional groups attached to an aromatic ring is 1. The molecule has 0 aromatic heterocycles. The SMILES string of the molecule is CCCCN(C)S(=O)(=O)c1ccc(Cl)cc1N. The van der Waals surface area contributed by atoms with E-state index < -0.39 is 10.0 Å². The Balaban J connectivity index is 3.04. The molecule has 6 heteroatoms. The summed E-state index contributed by atoms with van der Waals surface area (Å²) in [5.41, 5.74) is 5.87. The number of sulfonamides is 1. The molecule has 0 aliphatic heterocycles. The molecule has 0 spiro atoms. The predicted octanol–water partition coefficient (Wildman–Crippen LogP) is 2.34. The molecule has 0 amide bonds. The number of benzene rings is 1. The molecule has 0 heterocycles. The maximum absolute atomic E-state index is 12.2. The second-order valence-corrected chi connectivity index (χ2v) is 6.31. The van der Waals surface area contributed by atoms with Crippen LogP contribution >= 0.6 is 11.6 Å². The van der Waals surface area contributed by atoms with E-state index in [9.17, 15) is 8.42 Å². The lowest BCUT2D eigenvalue weighted by Crippen LogP contribution is -2.28. The molecule has 0 aliphatic rings. The van der Waals surface area contributed by atoms with Crippen LogP contribution in [0.1, 0.15) is 19.8 Å². The average molecular weight is 277 g/mol. The Bertz CT molecular complexity index is 488. The van der Waals surface area contributed by atoms with E-state index in [1.807, 2.05) is 6.92 Å². The normalized spacial score (nSPS) is 12.0. The number of anilines is 1. The molecule has 0 atom stereocenters. The molecule has 2 N–H and O–H groups in total. The van der Waals surface area contributed by atoms with Gasteiger partial charge < -0.3 is 5.73 Å². The summed E-state index contributed by atoms with van der Waals surface area (Å²) < 4.78 is 25.7. The van der Waals surface area contributed by atoms with Gasteiger partial charge in [0.1, 0.15) is 4.90 Å². The van der Waals surface area contributed by atoms with E-state index in [0.717, 1.165) is 12.8 Å². The fraction of sp³-hybridized carbons (Fsp3) is 0.455. The van der Waals surface area contributed by atoms with Gasteiger partial charge in [-0.15, -0.1) is 0 Å². The van der Waals surface area contributed by atoms with Crippen LogP contribution in [0.5, 0.6) is 0 Å². The minimum Gasteiger partial charge on any atom is -0.398 e. The van der Waals surface area contributed by atoms with Gasteiger partial charge in [-0.2, -0.15) is 0 Å². The standard InChI is InChI=1S/C11H17ClN2O2S/c1-3-4-7-14(2)17(15,16)11-6-5-9(12)8-10(11)13/h5-6,8H,3-4,7,13H2,1-2H3. The van der Waals surface area contributed by atoms with Crippen molar-refractivity contribution in [1.29, 1.82) is 0 Å². The Labute approximate surface area is 107 Å². The molecule has 0 unspecified atom stereocenters. The Morgan fingerprint density at radius 3 is 2.59 bits per heavy atom. The van der Waals surface area contributed by atoms with Crippen molar-refractivity contribution in [3.05, 3.63) is 23.2 Å². The van der Waals surface area contributed by atoms with Crippen molar-refractivity contribution in [1.82, 2.24) is 4.31 Å². The van der Waals surface area contributed by atoms with E-state index in [-0.39, 0.29) is 10.6 Å². The Kier molecular flexibility index (Phi) is 4.80. The van der Waals surface area contributed by atoms with Gasteiger partial charge in [-0.25, -0.2) is 12.7 Å². The highest BCUT2D eigenvalue weighted by Crippen LogP contribution is 2.24. The van der Waals surface area contributed by atoms with Crippen molar-refractivity contribution in [2.45, 2.75) is 24.7 Å². The maximum atomic E-state index is 12.2. The van der Waals surface area contributed by atoms with Gasteiger partial charge in [0.2, 0.25) is 10.0 Å². The van der Waals surface area contributed by atoms with Crippen molar-refractivity contribution in [2.24, 2.45) is 0 Å². The smallest absolute Gasteiger partial charge is 0.244 e. The van der Waals surface area contributed by atoms with Crippen LogP contribution in [0.15, 0.2) is 23.1 Å². The first-order valence-electron chi connectivity index (χ1n) is 5.41. The van der Waals surface area contributed by atoms with E-state index in [1.165, 1.54) is 22.5 Å². The van der Waals surface area contributed by atoms with Crippen LogP contribution < -0.4 is 5.73 Å². The van der Waals surface area contributed by atoms with Crippen LogP contribution in [-0.4, -0.2) is 26.3 Å². The number of nitrogens with two attached hydrogens (primary N) is 1. The molecule has 1 aromatic carbocycles. The van der Waals surface area contributed by atoms with Crippen LogP contribution in [0, 0.1) is 0 Å². The molecule has 1 aromatic rings. The van der Waals surface area contributed by atoms with E-state index >= 15 is 0 Å². The van der Waals surface area contributed by atoms with Crippen molar-refractivity contribution < 1.29 is 8.42 Å². The largest absolute Gasteiger partial charge is 0.398 e. The first-order valence-corrected chi connectivity index (χ1v) is 7.22. The quantitative estimate of drug-likeness (QED) is 0.840. The summed E-state index contributed by atoms with van der Waals surface area (Å²) in [5, 5.41) is 0.428. The third-order valence-corrected chi connectivity index (χ3v) is 4.65. The number of hydrogen-bond acceptors (Lipinski definition) is 3. The monoisotopic (exact) mass is 276 g/mol. The minimum absolute atomic E-state index is 0.112. The third-order valence-electron chi connectivity index (χ3n) is 2.49. The summed E-state index contributed by atoms with van der Waals surface area (Å²) in [7, 11) is -1.95. The number of halogens is 1. The number of nitrogens with zero attached hydrogens (tertiary/aromatic N) is 1. The summed E-state index contributed by atoms with van der Waals surface area (Å²) >= 11 is 5.74. The molecule has 0 aliphatic carbocycles. The van der Waals surface area contributed by atoms with Crippen molar-refractivity contribution in [3.63, 3.8) is 0 Å². The lowest BCUT2D eigenvalue weighted by Gasteiger charge is -2.18. The van der Waals surface area contributed by atoms with E-state index in [0.29, 0.717) is 11.6 Å². The van der Waals surface area contributed by atoms with Gasteiger partial charge in [-0.1, -0.05) is 24.9 Å². The molecular weight excluding hydrogens is 260 g/mol. The van der Waals surface area contributed by atoms with Gasteiger partial charge in [-0.05, 0) is 24.6 Å². The van der Waals surface area contributed by atoms with Crippen molar-refractivity contribution >= 4 is 27.3 Å². The molecule has 0 saturated carbocycles. The first kappa shape index (κ1) is 14.3. The minimum atomic E-state index is -3.51. The van der Waals surface area contributed by atoms with Gasteiger partial charge in [0.25, 0.3) is 0 Å². The maximum Gasteiger partial charge on any atom is 0.244 e. The molecule has 0 fully saturated rings. The summed E-state index contributed by atoms with van der Waals surface area (Å²) in [6, 6.07) is 4.41. The highest BCUT2D eigenvalue weighted by molar-refractivity contribution is 7.89. The van der Waals surface area contributed by atoms with Gasteiger partial charge in [0, 0.05) is 18.6 Å². The van der Waals surface area contributed by atoms with E-state index in [4.69, 9.17) is 17.3 Å². The number of hydrogen-bond donors (Lipinski definition) is 1. The van der Waals surface area contributed by atoms with Crippen LogP contribution in [-0.2, 0) is 10.0 Å². The fourth-order valence-corrected chi connectivity index (χ4v) is 2.91. The Morgan fingerprint density at radius 2 is 2.06 bits per heavy atom. The van der Waals surface area contributed by atoms with Crippen LogP contribution in [0.4, 0.5) is 5.69 Å². The van der Waals surface area contributed by atoms with Crippen molar-refractivity contribution in [3.8, 4) is 0 Å². The summed E-state index contributed by atoms with van der Waals surface area (Å²) in [6.45, 7) is 2.50. The molecule has 0 radical (unpaired) electrons. The lowest BCUT2D eigenvalue weighted by atomic mass is 10.3. The average Bonchev–Trinajstić information content (AvgIpc) is 2.25. The molecular formula is C11H17ClN2O2S. The molecule has 1 rings (SSSR count). The van der Waals surface area contributed by atoms with Crippen LogP contribution in [0.25, 0.3) is 0 Å².